The van der Waals surface area contributed by atoms with Gasteiger partial charge in [0.2, 0.25) is 0 Å². The highest BCUT2D eigenvalue weighted by Crippen LogP contribution is 2.12. The van der Waals surface area contributed by atoms with Gasteiger partial charge in [-0.25, -0.2) is 0 Å². The van der Waals surface area contributed by atoms with Gasteiger partial charge in [0.05, 0.1) is 0 Å². The quantitative estimate of drug-likeness (QED) is 0.615. The van der Waals surface area contributed by atoms with Crippen LogP contribution in [-0.4, -0.2) is 26.5 Å². The second-order valence-electron chi connectivity index (χ2n) is 4.36. The Bertz CT molecular complexity index is 415. The molecule has 3 heteroatoms. The zero-order valence-corrected chi connectivity index (χ0v) is 11.1. The number of hydrogen-bond donors (Lipinski definition) is 1. The molecule has 0 fully saturated rings. The third-order valence-electron chi connectivity index (χ3n) is 2.68. The number of benzene rings is 1. The molecule has 96 valence electrons. The monoisotopic (exact) mass is 244 g/mol. The zero-order valence-electron chi connectivity index (χ0n) is 11.1. The summed E-state index contributed by atoms with van der Waals surface area (Å²) >= 11 is 0. The molecule has 0 bridgehead atoms. The SMILES string of the molecule is C#CCCCCNC(=O)c1ccc(N(C)C)cc1. The van der Waals surface area contributed by atoms with Gasteiger partial charge in [-0.15, -0.1) is 12.3 Å². The summed E-state index contributed by atoms with van der Waals surface area (Å²) < 4.78 is 0. The van der Waals surface area contributed by atoms with E-state index in [1.165, 1.54) is 0 Å². The lowest BCUT2D eigenvalue weighted by atomic mass is 10.2. The summed E-state index contributed by atoms with van der Waals surface area (Å²) in [5.74, 6) is 2.56. The maximum atomic E-state index is 11.8. The highest BCUT2D eigenvalue weighted by molar-refractivity contribution is 5.94. The van der Waals surface area contributed by atoms with Gasteiger partial charge in [-0.05, 0) is 37.1 Å². The minimum atomic E-state index is -0.0268. The first-order valence-electron chi connectivity index (χ1n) is 6.14. The first-order chi connectivity index (χ1) is 8.65. The molecule has 0 radical (unpaired) electrons. The summed E-state index contributed by atoms with van der Waals surface area (Å²) in [5.41, 5.74) is 1.78. The summed E-state index contributed by atoms with van der Waals surface area (Å²) in [6.07, 6.45) is 7.81. The third-order valence-corrected chi connectivity index (χ3v) is 2.68. The van der Waals surface area contributed by atoms with Crippen molar-refractivity contribution in [3.05, 3.63) is 29.8 Å². The molecule has 0 unspecified atom stereocenters. The molecule has 1 aromatic carbocycles. The van der Waals surface area contributed by atoms with Gasteiger partial charge in [0.1, 0.15) is 0 Å². The number of hydrogen-bond acceptors (Lipinski definition) is 2. The van der Waals surface area contributed by atoms with Gasteiger partial charge in [0.25, 0.3) is 5.91 Å². The van der Waals surface area contributed by atoms with Gasteiger partial charge < -0.3 is 10.2 Å². The second-order valence-corrected chi connectivity index (χ2v) is 4.36. The van der Waals surface area contributed by atoms with E-state index in [9.17, 15) is 4.79 Å². The van der Waals surface area contributed by atoms with E-state index in [1.54, 1.807) is 0 Å². The number of amides is 1. The summed E-state index contributed by atoms with van der Waals surface area (Å²) in [5, 5.41) is 2.89. The largest absolute Gasteiger partial charge is 0.378 e. The van der Waals surface area contributed by atoms with Crippen molar-refractivity contribution in [2.75, 3.05) is 25.5 Å². The van der Waals surface area contributed by atoms with E-state index in [-0.39, 0.29) is 5.91 Å². The Hall–Kier alpha value is -1.95. The Balaban J connectivity index is 2.40. The molecule has 1 rings (SSSR count). The maximum absolute atomic E-state index is 11.8. The van der Waals surface area contributed by atoms with Crippen molar-refractivity contribution in [1.82, 2.24) is 5.32 Å². The third kappa shape index (κ3) is 4.50. The van der Waals surface area contributed by atoms with Crippen LogP contribution in [0.2, 0.25) is 0 Å². The van der Waals surface area contributed by atoms with E-state index in [2.05, 4.69) is 11.2 Å². The lowest BCUT2D eigenvalue weighted by Gasteiger charge is -2.12. The summed E-state index contributed by atoms with van der Waals surface area (Å²) in [6.45, 7) is 0.677. The normalized spacial score (nSPS) is 9.61. The molecule has 0 aliphatic heterocycles. The maximum Gasteiger partial charge on any atom is 0.251 e. The van der Waals surface area contributed by atoms with E-state index in [4.69, 9.17) is 6.42 Å². The first kappa shape index (κ1) is 14.1. The molecule has 1 amide bonds. The Kier molecular flexibility index (Phi) is 5.79. The average Bonchev–Trinajstić information content (AvgIpc) is 2.38. The van der Waals surface area contributed by atoms with Crippen LogP contribution in [0, 0.1) is 12.3 Å². The van der Waals surface area contributed by atoms with E-state index in [0.717, 1.165) is 24.9 Å². The van der Waals surface area contributed by atoms with Crippen LogP contribution in [-0.2, 0) is 0 Å². The minimum Gasteiger partial charge on any atom is -0.378 e. The average molecular weight is 244 g/mol. The van der Waals surface area contributed by atoms with Crippen molar-refractivity contribution in [3.63, 3.8) is 0 Å². The highest BCUT2D eigenvalue weighted by atomic mass is 16.1. The molecule has 0 aromatic heterocycles. The molecule has 0 saturated carbocycles. The molecule has 18 heavy (non-hydrogen) atoms. The highest BCUT2D eigenvalue weighted by Gasteiger charge is 2.04. The molecule has 0 heterocycles. The van der Waals surface area contributed by atoms with Crippen LogP contribution in [0.1, 0.15) is 29.6 Å². The van der Waals surface area contributed by atoms with Crippen LogP contribution >= 0.6 is 0 Å². The smallest absolute Gasteiger partial charge is 0.251 e. The Morgan fingerprint density at radius 3 is 2.50 bits per heavy atom. The van der Waals surface area contributed by atoms with Gasteiger partial charge >= 0.3 is 0 Å². The second kappa shape index (κ2) is 7.39. The fourth-order valence-electron chi connectivity index (χ4n) is 1.57. The number of unbranched alkanes of at least 4 members (excludes halogenated alkanes) is 2. The molecule has 1 aromatic rings. The topological polar surface area (TPSA) is 32.3 Å². The predicted octanol–water partition coefficient (Wildman–Crippen LogP) is 2.29. The van der Waals surface area contributed by atoms with Gasteiger partial charge in [0, 0.05) is 38.3 Å². The lowest BCUT2D eigenvalue weighted by molar-refractivity contribution is 0.0953. The number of carbonyl (C=O) groups is 1. The van der Waals surface area contributed by atoms with Crippen LogP contribution in [0.15, 0.2) is 24.3 Å². The van der Waals surface area contributed by atoms with Gasteiger partial charge in [-0.1, -0.05) is 0 Å². The molecule has 0 spiro atoms. The Morgan fingerprint density at radius 1 is 1.28 bits per heavy atom. The molecule has 0 aliphatic rings. The molecule has 0 aliphatic carbocycles. The van der Waals surface area contributed by atoms with E-state index < -0.39 is 0 Å². The van der Waals surface area contributed by atoms with E-state index >= 15 is 0 Å². The van der Waals surface area contributed by atoms with Crippen LogP contribution in [0.25, 0.3) is 0 Å². The van der Waals surface area contributed by atoms with E-state index in [1.807, 2.05) is 43.3 Å². The first-order valence-corrected chi connectivity index (χ1v) is 6.14. The van der Waals surface area contributed by atoms with Crippen molar-refractivity contribution in [2.45, 2.75) is 19.3 Å². The standard InChI is InChI=1S/C15H20N2O/c1-4-5-6-7-12-16-15(18)13-8-10-14(11-9-13)17(2)3/h1,8-11H,5-7,12H2,2-3H3,(H,16,18). The number of anilines is 1. The lowest BCUT2D eigenvalue weighted by Crippen LogP contribution is -2.24. The fraction of sp³-hybridized carbons (Fsp3) is 0.400. The van der Waals surface area contributed by atoms with Crippen LogP contribution in [0.4, 0.5) is 5.69 Å². The molecule has 3 nitrogen and oxygen atoms in total. The Labute approximate surface area is 109 Å². The van der Waals surface area contributed by atoms with Crippen LogP contribution < -0.4 is 10.2 Å². The van der Waals surface area contributed by atoms with Crippen LogP contribution in [0.5, 0.6) is 0 Å². The van der Waals surface area contributed by atoms with Crippen molar-refractivity contribution in [2.24, 2.45) is 0 Å². The van der Waals surface area contributed by atoms with Gasteiger partial charge in [-0.2, -0.15) is 0 Å². The zero-order chi connectivity index (χ0) is 13.4. The minimum absolute atomic E-state index is 0.0268. The van der Waals surface area contributed by atoms with Crippen molar-refractivity contribution >= 4 is 11.6 Å². The summed E-state index contributed by atoms with van der Waals surface area (Å²) in [7, 11) is 3.95. The molecule has 1 N–H and O–H groups in total. The van der Waals surface area contributed by atoms with Crippen molar-refractivity contribution < 1.29 is 4.79 Å². The van der Waals surface area contributed by atoms with Gasteiger partial charge in [-0.3, -0.25) is 4.79 Å². The van der Waals surface area contributed by atoms with Crippen LogP contribution in [0.3, 0.4) is 0 Å². The molecule has 0 atom stereocenters. The van der Waals surface area contributed by atoms with Crippen molar-refractivity contribution in [1.29, 1.82) is 0 Å². The fourth-order valence-corrected chi connectivity index (χ4v) is 1.57. The van der Waals surface area contributed by atoms with Crippen molar-refractivity contribution in [3.8, 4) is 12.3 Å². The predicted molar refractivity (Wildman–Crippen MR) is 75.8 cm³/mol. The number of rotatable bonds is 6. The number of terminal acetylenes is 1. The summed E-state index contributed by atoms with van der Waals surface area (Å²) in [4.78, 5) is 13.8. The molecular weight excluding hydrogens is 224 g/mol. The molecular formula is C15H20N2O. The Morgan fingerprint density at radius 2 is 1.94 bits per heavy atom. The van der Waals surface area contributed by atoms with E-state index in [0.29, 0.717) is 12.1 Å². The number of carbonyl (C=O) groups excluding carboxylic acids is 1. The number of nitrogens with zero attached hydrogens (tertiary/aromatic N) is 1. The summed E-state index contributed by atoms with van der Waals surface area (Å²) in [6, 6.07) is 7.55. The number of nitrogens with one attached hydrogen (secondary N) is 1. The van der Waals surface area contributed by atoms with Gasteiger partial charge in [0.15, 0.2) is 0 Å². The molecule has 0 saturated heterocycles.